The lowest BCUT2D eigenvalue weighted by Gasteiger charge is -2.22. The van der Waals surface area contributed by atoms with Gasteiger partial charge in [-0.2, -0.15) is 0 Å². The van der Waals surface area contributed by atoms with E-state index < -0.39 is 0 Å². The van der Waals surface area contributed by atoms with Crippen LogP contribution in [-0.2, 0) is 17.8 Å². The van der Waals surface area contributed by atoms with Crippen LogP contribution >= 0.6 is 0 Å². The maximum atomic E-state index is 12.6. The number of likely N-dealkylation sites (tertiary alicyclic amines) is 1. The SMILES string of the molecule is CCCc1ccc2nc(C3CCCN3C(=O)OCc3ccccc3)[nH]c2c1. The van der Waals surface area contributed by atoms with Crippen LogP contribution in [0, 0.1) is 0 Å². The first-order valence-corrected chi connectivity index (χ1v) is 9.70. The van der Waals surface area contributed by atoms with Gasteiger partial charge in [0.15, 0.2) is 0 Å². The van der Waals surface area contributed by atoms with Crippen LogP contribution in [0.4, 0.5) is 4.79 Å². The molecule has 1 amide bonds. The van der Waals surface area contributed by atoms with Crippen molar-refractivity contribution in [1.82, 2.24) is 14.9 Å². The number of amides is 1. The van der Waals surface area contributed by atoms with E-state index >= 15 is 0 Å². The van der Waals surface area contributed by atoms with Gasteiger partial charge in [0.1, 0.15) is 12.4 Å². The first-order valence-electron chi connectivity index (χ1n) is 9.70. The molecule has 0 saturated carbocycles. The van der Waals surface area contributed by atoms with Gasteiger partial charge < -0.3 is 9.72 Å². The highest BCUT2D eigenvalue weighted by atomic mass is 16.6. The summed E-state index contributed by atoms with van der Waals surface area (Å²) in [6.07, 6.45) is 3.78. The number of nitrogens with one attached hydrogen (secondary N) is 1. The van der Waals surface area contributed by atoms with E-state index in [4.69, 9.17) is 9.72 Å². The Morgan fingerprint density at radius 1 is 1.22 bits per heavy atom. The number of hydrogen-bond acceptors (Lipinski definition) is 3. The number of benzene rings is 2. The normalized spacial score (nSPS) is 16.8. The van der Waals surface area contributed by atoms with E-state index in [-0.39, 0.29) is 12.1 Å². The topological polar surface area (TPSA) is 58.2 Å². The summed E-state index contributed by atoms with van der Waals surface area (Å²) in [5, 5.41) is 0. The van der Waals surface area contributed by atoms with Gasteiger partial charge in [-0.25, -0.2) is 9.78 Å². The number of carbonyl (C=O) groups is 1. The molecule has 2 aromatic carbocycles. The van der Waals surface area contributed by atoms with Crippen molar-refractivity contribution >= 4 is 17.1 Å². The summed E-state index contributed by atoms with van der Waals surface area (Å²) >= 11 is 0. The summed E-state index contributed by atoms with van der Waals surface area (Å²) in [4.78, 5) is 22.6. The molecular weight excluding hydrogens is 338 g/mol. The molecule has 3 aromatic rings. The Balaban J connectivity index is 1.48. The highest BCUT2D eigenvalue weighted by Crippen LogP contribution is 2.32. The summed E-state index contributed by atoms with van der Waals surface area (Å²) in [5.41, 5.74) is 4.30. The molecule has 0 spiro atoms. The lowest BCUT2D eigenvalue weighted by Crippen LogP contribution is -2.31. The molecule has 2 heterocycles. The minimum absolute atomic E-state index is 0.0460. The van der Waals surface area contributed by atoms with Crippen LogP contribution in [-0.4, -0.2) is 27.5 Å². The van der Waals surface area contributed by atoms with E-state index in [1.54, 1.807) is 4.90 Å². The maximum Gasteiger partial charge on any atom is 0.410 e. The largest absolute Gasteiger partial charge is 0.445 e. The van der Waals surface area contributed by atoms with Gasteiger partial charge in [-0.05, 0) is 42.5 Å². The molecule has 1 N–H and O–H groups in total. The fraction of sp³-hybridized carbons (Fsp3) is 0.364. The first kappa shape index (κ1) is 17.6. The van der Waals surface area contributed by atoms with Crippen molar-refractivity contribution in [3.05, 3.63) is 65.5 Å². The predicted octanol–water partition coefficient (Wildman–Crippen LogP) is 4.99. The fourth-order valence-corrected chi connectivity index (χ4v) is 3.75. The maximum absolute atomic E-state index is 12.6. The minimum atomic E-state index is -0.270. The van der Waals surface area contributed by atoms with Gasteiger partial charge in [0.2, 0.25) is 0 Å². The molecule has 0 radical (unpaired) electrons. The molecule has 1 aliphatic heterocycles. The number of aromatic amines is 1. The van der Waals surface area contributed by atoms with Gasteiger partial charge >= 0.3 is 6.09 Å². The second-order valence-corrected chi connectivity index (χ2v) is 7.12. The number of nitrogens with zero attached hydrogens (tertiary/aromatic N) is 2. The third-order valence-corrected chi connectivity index (χ3v) is 5.11. The van der Waals surface area contributed by atoms with Crippen LogP contribution in [0.25, 0.3) is 11.0 Å². The number of ether oxygens (including phenoxy) is 1. The summed E-state index contributed by atoms with van der Waals surface area (Å²) < 4.78 is 5.53. The summed E-state index contributed by atoms with van der Waals surface area (Å²) in [6.45, 7) is 3.18. The molecule has 1 saturated heterocycles. The number of fused-ring (bicyclic) bond motifs is 1. The van der Waals surface area contributed by atoms with Crippen molar-refractivity contribution in [3.8, 4) is 0 Å². The molecule has 5 heteroatoms. The Bertz CT molecular complexity index is 920. The van der Waals surface area contributed by atoms with E-state index in [0.29, 0.717) is 13.2 Å². The Labute approximate surface area is 159 Å². The summed E-state index contributed by atoms with van der Waals surface area (Å²) in [5.74, 6) is 0.854. The van der Waals surface area contributed by atoms with Gasteiger partial charge in [-0.15, -0.1) is 0 Å². The number of H-pyrrole nitrogens is 1. The molecule has 1 fully saturated rings. The summed E-state index contributed by atoms with van der Waals surface area (Å²) in [6, 6.07) is 16.1. The average molecular weight is 363 g/mol. The molecular formula is C22H25N3O2. The van der Waals surface area contributed by atoms with Crippen molar-refractivity contribution in [1.29, 1.82) is 0 Å². The lowest BCUT2D eigenvalue weighted by molar-refractivity contribution is 0.0910. The van der Waals surface area contributed by atoms with E-state index in [1.807, 2.05) is 30.3 Å². The van der Waals surface area contributed by atoms with Gasteiger partial charge in [0.05, 0.1) is 17.1 Å². The molecule has 0 aliphatic carbocycles. The van der Waals surface area contributed by atoms with Crippen molar-refractivity contribution < 1.29 is 9.53 Å². The zero-order valence-electron chi connectivity index (χ0n) is 15.6. The Kier molecular flexibility index (Phi) is 5.10. The van der Waals surface area contributed by atoms with Crippen LogP contribution in [0.3, 0.4) is 0 Å². The zero-order chi connectivity index (χ0) is 18.6. The highest BCUT2D eigenvalue weighted by Gasteiger charge is 2.33. The molecule has 5 nitrogen and oxygen atoms in total. The van der Waals surface area contributed by atoms with Crippen LogP contribution in [0.2, 0.25) is 0 Å². The van der Waals surface area contributed by atoms with E-state index in [0.717, 1.165) is 48.1 Å². The molecule has 140 valence electrons. The van der Waals surface area contributed by atoms with Crippen molar-refractivity contribution in [2.45, 2.75) is 45.3 Å². The van der Waals surface area contributed by atoms with Crippen LogP contribution in [0.5, 0.6) is 0 Å². The first-order chi connectivity index (χ1) is 13.2. The number of carbonyl (C=O) groups excluding carboxylic acids is 1. The number of hydrogen-bond donors (Lipinski definition) is 1. The molecule has 1 aromatic heterocycles. The van der Waals surface area contributed by atoms with Crippen LogP contribution < -0.4 is 0 Å². The monoisotopic (exact) mass is 363 g/mol. The van der Waals surface area contributed by atoms with Crippen molar-refractivity contribution in [3.63, 3.8) is 0 Å². The lowest BCUT2D eigenvalue weighted by atomic mass is 10.1. The number of aromatic nitrogens is 2. The van der Waals surface area contributed by atoms with Crippen LogP contribution in [0.15, 0.2) is 48.5 Å². The predicted molar refractivity (Wildman–Crippen MR) is 105 cm³/mol. The number of aryl methyl sites for hydroxylation is 1. The quantitative estimate of drug-likeness (QED) is 0.695. The minimum Gasteiger partial charge on any atom is -0.445 e. The molecule has 4 rings (SSSR count). The molecule has 1 atom stereocenters. The van der Waals surface area contributed by atoms with Crippen LogP contribution in [0.1, 0.15) is 49.2 Å². The highest BCUT2D eigenvalue weighted by molar-refractivity contribution is 5.76. The van der Waals surface area contributed by atoms with Gasteiger partial charge in [-0.1, -0.05) is 49.7 Å². The van der Waals surface area contributed by atoms with Gasteiger partial charge in [-0.3, -0.25) is 4.90 Å². The van der Waals surface area contributed by atoms with Crippen molar-refractivity contribution in [2.24, 2.45) is 0 Å². The molecule has 1 unspecified atom stereocenters. The number of rotatable bonds is 5. The van der Waals surface area contributed by atoms with Gasteiger partial charge in [0, 0.05) is 6.54 Å². The third-order valence-electron chi connectivity index (χ3n) is 5.11. The van der Waals surface area contributed by atoms with E-state index in [1.165, 1.54) is 5.56 Å². The Morgan fingerprint density at radius 3 is 2.89 bits per heavy atom. The van der Waals surface area contributed by atoms with E-state index in [9.17, 15) is 4.79 Å². The molecule has 1 aliphatic rings. The zero-order valence-corrected chi connectivity index (χ0v) is 15.6. The second kappa shape index (κ2) is 7.82. The van der Waals surface area contributed by atoms with Crippen molar-refractivity contribution in [2.75, 3.05) is 6.54 Å². The molecule has 27 heavy (non-hydrogen) atoms. The average Bonchev–Trinajstić information content (AvgIpc) is 3.33. The Morgan fingerprint density at radius 2 is 2.07 bits per heavy atom. The fourth-order valence-electron chi connectivity index (χ4n) is 3.75. The molecule has 0 bridgehead atoms. The number of imidazole rings is 1. The third kappa shape index (κ3) is 3.82. The standard InChI is InChI=1S/C22H25N3O2/c1-2-7-16-11-12-18-19(14-16)24-21(23-18)20-10-6-13-25(20)22(26)27-15-17-8-4-3-5-9-17/h3-5,8-9,11-12,14,20H,2,6-7,10,13,15H2,1H3,(H,23,24). The Hall–Kier alpha value is -2.82. The van der Waals surface area contributed by atoms with E-state index in [2.05, 4.69) is 30.1 Å². The summed E-state index contributed by atoms with van der Waals surface area (Å²) in [7, 11) is 0. The smallest absolute Gasteiger partial charge is 0.410 e. The second-order valence-electron chi connectivity index (χ2n) is 7.12. The van der Waals surface area contributed by atoms with Gasteiger partial charge in [0.25, 0.3) is 0 Å².